The summed E-state index contributed by atoms with van der Waals surface area (Å²) in [5.74, 6) is -0.172. The van der Waals surface area contributed by atoms with Crippen LogP contribution in [0.25, 0.3) is 0 Å². The van der Waals surface area contributed by atoms with Crippen LogP contribution in [-0.4, -0.2) is 30.4 Å². The highest BCUT2D eigenvalue weighted by Crippen LogP contribution is 2.11. The number of nitrogens with zero attached hydrogens (tertiary/aromatic N) is 1. The minimum Gasteiger partial charge on any atom is -0.349 e. The first-order valence-electron chi connectivity index (χ1n) is 7.65. The highest BCUT2D eigenvalue weighted by molar-refractivity contribution is 5.95. The predicted molar refractivity (Wildman–Crippen MR) is 95.9 cm³/mol. The van der Waals surface area contributed by atoms with Gasteiger partial charge in [0.1, 0.15) is 0 Å². The Kier molecular flexibility index (Phi) is 6.14. The van der Waals surface area contributed by atoms with Crippen LogP contribution in [0.2, 0.25) is 0 Å². The van der Waals surface area contributed by atoms with Crippen molar-refractivity contribution in [2.75, 3.05) is 18.9 Å². The van der Waals surface area contributed by atoms with Gasteiger partial charge >= 0.3 is 6.03 Å². The van der Waals surface area contributed by atoms with Crippen molar-refractivity contribution < 1.29 is 9.59 Å². The Bertz CT molecular complexity index is 696. The first-order chi connectivity index (χ1) is 11.6. The van der Waals surface area contributed by atoms with E-state index in [-0.39, 0.29) is 11.9 Å². The third-order valence-electron chi connectivity index (χ3n) is 3.41. The maximum absolute atomic E-state index is 12.2. The van der Waals surface area contributed by atoms with Crippen molar-refractivity contribution in [3.63, 3.8) is 0 Å². The minimum atomic E-state index is -0.206. The SMILES string of the molecule is C=CCNC(=O)c1ccc(NC(=O)N(C)Cc2ccccc2)cc1. The molecule has 2 aromatic carbocycles. The van der Waals surface area contributed by atoms with E-state index in [0.717, 1.165) is 5.56 Å². The van der Waals surface area contributed by atoms with Gasteiger partial charge in [0.05, 0.1) is 0 Å². The molecule has 0 aliphatic rings. The monoisotopic (exact) mass is 323 g/mol. The molecule has 2 rings (SSSR count). The summed E-state index contributed by atoms with van der Waals surface area (Å²) >= 11 is 0. The van der Waals surface area contributed by atoms with Gasteiger partial charge in [-0.25, -0.2) is 4.79 Å². The van der Waals surface area contributed by atoms with Crippen molar-refractivity contribution in [1.29, 1.82) is 0 Å². The van der Waals surface area contributed by atoms with E-state index in [0.29, 0.717) is 24.3 Å². The van der Waals surface area contributed by atoms with Crippen LogP contribution in [0.4, 0.5) is 10.5 Å². The van der Waals surface area contributed by atoms with Gasteiger partial charge in [-0.3, -0.25) is 4.79 Å². The van der Waals surface area contributed by atoms with Crippen molar-refractivity contribution in [1.82, 2.24) is 10.2 Å². The van der Waals surface area contributed by atoms with E-state index in [2.05, 4.69) is 17.2 Å². The lowest BCUT2D eigenvalue weighted by atomic mass is 10.2. The van der Waals surface area contributed by atoms with Gasteiger partial charge in [-0.15, -0.1) is 6.58 Å². The summed E-state index contributed by atoms with van der Waals surface area (Å²) in [6.07, 6.45) is 1.62. The summed E-state index contributed by atoms with van der Waals surface area (Å²) < 4.78 is 0. The summed E-state index contributed by atoms with van der Waals surface area (Å²) in [5, 5.41) is 5.51. The molecule has 2 aromatic rings. The molecule has 0 aliphatic carbocycles. The fourth-order valence-electron chi connectivity index (χ4n) is 2.12. The van der Waals surface area contributed by atoms with E-state index in [9.17, 15) is 9.59 Å². The van der Waals surface area contributed by atoms with Crippen molar-refractivity contribution in [3.05, 3.63) is 78.4 Å². The lowest BCUT2D eigenvalue weighted by molar-refractivity contribution is 0.0958. The van der Waals surface area contributed by atoms with Gasteiger partial charge in [-0.05, 0) is 29.8 Å². The number of carbonyl (C=O) groups is 2. The van der Waals surface area contributed by atoms with E-state index in [1.807, 2.05) is 30.3 Å². The zero-order valence-electron chi connectivity index (χ0n) is 13.7. The van der Waals surface area contributed by atoms with Gasteiger partial charge in [-0.1, -0.05) is 36.4 Å². The van der Waals surface area contributed by atoms with Crippen LogP contribution >= 0.6 is 0 Å². The van der Waals surface area contributed by atoms with E-state index in [1.54, 1.807) is 42.3 Å². The van der Waals surface area contributed by atoms with Crippen LogP contribution in [0.1, 0.15) is 15.9 Å². The number of carbonyl (C=O) groups excluding carboxylic acids is 2. The van der Waals surface area contributed by atoms with Crippen molar-refractivity contribution in [2.45, 2.75) is 6.54 Å². The molecule has 5 nitrogen and oxygen atoms in total. The summed E-state index contributed by atoms with van der Waals surface area (Å²) in [6.45, 7) is 4.49. The smallest absolute Gasteiger partial charge is 0.321 e. The van der Waals surface area contributed by atoms with Crippen LogP contribution < -0.4 is 10.6 Å². The molecule has 0 atom stereocenters. The number of anilines is 1. The summed E-state index contributed by atoms with van der Waals surface area (Å²) in [4.78, 5) is 25.6. The Labute approximate surface area is 142 Å². The number of nitrogens with one attached hydrogen (secondary N) is 2. The molecular weight excluding hydrogens is 302 g/mol. The molecule has 3 amide bonds. The largest absolute Gasteiger partial charge is 0.349 e. The zero-order valence-corrected chi connectivity index (χ0v) is 13.7. The first-order valence-corrected chi connectivity index (χ1v) is 7.65. The Hall–Kier alpha value is -3.08. The fraction of sp³-hybridized carbons (Fsp3) is 0.158. The normalized spacial score (nSPS) is 9.88. The zero-order chi connectivity index (χ0) is 17.4. The van der Waals surface area contributed by atoms with Crippen LogP contribution in [0.3, 0.4) is 0 Å². The second-order valence-corrected chi connectivity index (χ2v) is 5.35. The van der Waals surface area contributed by atoms with Gasteiger partial charge in [0, 0.05) is 31.4 Å². The molecule has 0 saturated heterocycles. The van der Waals surface area contributed by atoms with Crippen molar-refractivity contribution in [3.8, 4) is 0 Å². The topological polar surface area (TPSA) is 61.4 Å². The average Bonchev–Trinajstić information content (AvgIpc) is 2.61. The quantitative estimate of drug-likeness (QED) is 0.802. The number of benzene rings is 2. The van der Waals surface area contributed by atoms with Crippen LogP contribution in [0, 0.1) is 0 Å². The Morgan fingerprint density at radius 1 is 1.08 bits per heavy atom. The molecule has 24 heavy (non-hydrogen) atoms. The molecule has 0 unspecified atom stereocenters. The van der Waals surface area contributed by atoms with Gasteiger partial charge in [0.2, 0.25) is 0 Å². The highest BCUT2D eigenvalue weighted by Gasteiger charge is 2.10. The molecule has 0 fully saturated rings. The summed E-state index contributed by atoms with van der Waals surface area (Å²) in [7, 11) is 1.74. The van der Waals surface area contributed by atoms with E-state index in [4.69, 9.17) is 0 Å². The molecule has 0 spiro atoms. The number of amides is 3. The van der Waals surface area contributed by atoms with Gasteiger partial charge in [0.15, 0.2) is 0 Å². The molecule has 0 bridgehead atoms. The van der Waals surface area contributed by atoms with Crippen LogP contribution in [0.5, 0.6) is 0 Å². The second-order valence-electron chi connectivity index (χ2n) is 5.35. The molecule has 0 radical (unpaired) electrons. The van der Waals surface area contributed by atoms with E-state index < -0.39 is 0 Å². The van der Waals surface area contributed by atoms with Gasteiger partial charge < -0.3 is 15.5 Å². The molecule has 2 N–H and O–H groups in total. The molecule has 0 saturated carbocycles. The molecule has 5 heteroatoms. The first kappa shape index (κ1) is 17.3. The van der Waals surface area contributed by atoms with E-state index in [1.165, 1.54) is 0 Å². The van der Waals surface area contributed by atoms with Crippen molar-refractivity contribution >= 4 is 17.6 Å². The van der Waals surface area contributed by atoms with Gasteiger partial charge in [0.25, 0.3) is 5.91 Å². The number of hydrogen-bond acceptors (Lipinski definition) is 2. The molecule has 0 aliphatic heterocycles. The fourth-order valence-corrected chi connectivity index (χ4v) is 2.12. The van der Waals surface area contributed by atoms with Gasteiger partial charge in [-0.2, -0.15) is 0 Å². The van der Waals surface area contributed by atoms with Crippen LogP contribution in [-0.2, 0) is 6.54 Å². The number of urea groups is 1. The second kappa shape index (κ2) is 8.53. The number of hydrogen-bond donors (Lipinski definition) is 2. The lowest BCUT2D eigenvalue weighted by Crippen LogP contribution is -2.30. The maximum Gasteiger partial charge on any atom is 0.321 e. The summed E-state index contributed by atoms with van der Waals surface area (Å²) in [6, 6.07) is 16.3. The minimum absolute atomic E-state index is 0.172. The predicted octanol–water partition coefficient (Wildman–Crippen LogP) is 3.27. The third kappa shape index (κ3) is 4.98. The molecule has 124 valence electrons. The lowest BCUT2D eigenvalue weighted by Gasteiger charge is -2.18. The number of rotatable bonds is 6. The molecular formula is C19H21N3O2. The molecule has 0 aromatic heterocycles. The Morgan fingerprint density at radius 2 is 1.75 bits per heavy atom. The Balaban J connectivity index is 1.91. The standard InChI is InChI=1S/C19H21N3O2/c1-3-13-20-18(23)16-9-11-17(12-10-16)21-19(24)22(2)14-15-7-5-4-6-8-15/h3-12H,1,13-14H2,2H3,(H,20,23)(H,21,24). The average molecular weight is 323 g/mol. The van der Waals surface area contributed by atoms with Crippen LogP contribution in [0.15, 0.2) is 67.3 Å². The third-order valence-corrected chi connectivity index (χ3v) is 3.41. The molecule has 0 heterocycles. The Morgan fingerprint density at radius 3 is 2.38 bits per heavy atom. The van der Waals surface area contributed by atoms with E-state index >= 15 is 0 Å². The highest BCUT2D eigenvalue weighted by atomic mass is 16.2. The maximum atomic E-state index is 12.2. The summed E-state index contributed by atoms with van der Waals surface area (Å²) in [5.41, 5.74) is 2.23. The van der Waals surface area contributed by atoms with Crippen molar-refractivity contribution in [2.24, 2.45) is 0 Å².